The van der Waals surface area contributed by atoms with Crippen LogP contribution in [-0.4, -0.2) is 17.8 Å². The third kappa shape index (κ3) is 3.14. The number of ether oxygens (including phenoxy) is 1. The molecule has 0 radical (unpaired) electrons. The Labute approximate surface area is 86.5 Å². The third-order valence-corrected chi connectivity index (χ3v) is 1.95. The average molecular weight is 217 g/mol. The molecule has 15 heavy (non-hydrogen) atoms. The van der Waals surface area contributed by atoms with Crippen LogP contribution >= 0.6 is 0 Å². The lowest BCUT2D eigenvalue weighted by molar-refractivity contribution is -0.0517. The fourth-order valence-electron chi connectivity index (χ4n) is 1.21. The van der Waals surface area contributed by atoms with Crippen LogP contribution < -0.4 is 10.5 Å². The zero-order valence-electron chi connectivity index (χ0n) is 8.23. The summed E-state index contributed by atoms with van der Waals surface area (Å²) in [6.07, 6.45) is -1.01. The van der Waals surface area contributed by atoms with Crippen LogP contribution in [0.15, 0.2) is 24.3 Å². The maximum Gasteiger partial charge on any atom is 0.387 e. The Morgan fingerprint density at radius 3 is 2.47 bits per heavy atom. The molecule has 0 aliphatic heterocycles. The van der Waals surface area contributed by atoms with Gasteiger partial charge in [0, 0.05) is 11.6 Å². The highest BCUT2D eigenvalue weighted by molar-refractivity contribution is 5.35. The number of para-hydroxylation sites is 1. The van der Waals surface area contributed by atoms with Crippen molar-refractivity contribution >= 4 is 0 Å². The molecular weight excluding hydrogens is 204 g/mol. The topological polar surface area (TPSA) is 55.5 Å². The molecule has 3 N–H and O–H groups in total. The van der Waals surface area contributed by atoms with Crippen molar-refractivity contribution in [3.05, 3.63) is 29.8 Å². The fraction of sp³-hybridized carbons (Fsp3) is 0.400. The van der Waals surface area contributed by atoms with E-state index in [4.69, 9.17) is 5.73 Å². The first-order chi connectivity index (χ1) is 7.02. The summed E-state index contributed by atoms with van der Waals surface area (Å²) in [4.78, 5) is 0. The Hall–Kier alpha value is -1.20. The van der Waals surface area contributed by atoms with Crippen molar-refractivity contribution in [3.8, 4) is 5.75 Å². The predicted molar refractivity (Wildman–Crippen MR) is 51.7 cm³/mol. The molecule has 0 aromatic heterocycles. The van der Waals surface area contributed by atoms with E-state index in [1.54, 1.807) is 19.1 Å². The highest BCUT2D eigenvalue weighted by atomic mass is 19.3. The van der Waals surface area contributed by atoms with E-state index in [0.717, 1.165) is 0 Å². The molecule has 1 aromatic carbocycles. The summed E-state index contributed by atoms with van der Waals surface area (Å²) in [6.45, 7) is -1.32. The highest BCUT2D eigenvalue weighted by Crippen LogP contribution is 2.27. The van der Waals surface area contributed by atoms with Crippen molar-refractivity contribution in [1.29, 1.82) is 0 Å². The van der Waals surface area contributed by atoms with E-state index < -0.39 is 18.8 Å². The lowest BCUT2D eigenvalue weighted by atomic mass is 10.0. The van der Waals surface area contributed by atoms with Gasteiger partial charge < -0.3 is 15.6 Å². The number of nitrogens with two attached hydrogens (primary N) is 1. The first kappa shape index (κ1) is 11.9. The van der Waals surface area contributed by atoms with Gasteiger partial charge in [0.05, 0.1) is 6.10 Å². The van der Waals surface area contributed by atoms with Gasteiger partial charge in [0.1, 0.15) is 5.75 Å². The summed E-state index contributed by atoms with van der Waals surface area (Å²) in [5.74, 6) is -0.0442. The van der Waals surface area contributed by atoms with E-state index in [-0.39, 0.29) is 11.3 Å². The van der Waals surface area contributed by atoms with Gasteiger partial charge in [-0.1, -0.05) is 18.2 Å². The lowest BCUT2D eigenvalue weighted by Crippen LogP contribution is -2.25. The molecule has 0 unspecified atom stereocenters. The Morgan fingerprint density at radius 1 is 1.33 bits per heavy atom. The number of alkyl halides is 2. The van der Waals surface area contributed by atoms with Crippen LogP contribution in [0.2, 0.25) is 0 Å². The second-order valence-corrected chi connectivity index (χ2v) is 3.22. The molecular formula is C10H13F2NO2. The van der Waals surface area contributed by atoms with E-state index >= 15 is 0 Å². The molecule has 5 heteroatoms. The van der Waals surface area contributed by atoms with Crippen LogP contribution in [0, 0.1) is 0 Å². The van der Waals surface area contributed by atoms with Gasteiger partial charge in [-0.15, -0.1) is 0 Å². The maximum absolute atomic E-state index is 12.0. The minimum Gasteiger partial charge on any atom is -0.434 e. The summed E-state index contributed by atoms with van der Waals surface area (Å²) in [6, 6.07) is 5.50. The van der Waals surface area contributed by atoms with Crippen molar-refractivity contribution in [2.45, 2.75) is 25.7 Å². The van der Waals surface area contributed by atoms with Crippen molar-refractivity contribution < 1.29 is 18.6 Å². The summed E-state index contributed by atoms with van der Waals surface area (Å²) in [7, 11) is 0. The molecule has 0 spiro atoms. The van der Waals surface area contributed by atoms with Crippen LogP contribution in [0.1, 0.15) is 18.6 Å². The van der Waals surface area contributed by atoms with E-state index in [1.165, 1.54) is 12.1 Å². The summed E-state index contributed by atoms with van der Waals surface area (Å²) < 4.78 is 28.3. The monoisotopic (exact) mass is 217 g/mol. The van der Waals surface area contributed by atoms with E-state index in [2.05, 4.69) is 4.74 Å². The molecule has 0 bridgehead atoms. The number of rotatable bonds is 4. The average Bonchev–Trinajstić information content (AvgIpc) is 2.16. The Balaban J connectivity index is 2.95. The fourth-order valence-corrected chi connectivity index (χ4v) is 1.21. The van der Waals surface area contributed by atoms with Gasteiger partial charge >= 0.3 is 6.61 Å². The van der Waals surface area contributed by atoms with Crippen molar-refractivity contribution in [1.82, 2.24) is 0 Å². The minimum absolute atomic E-state index is 0.0442. The quantitative estimate of drug-likeness (QED) is 0.806. The normalized spacial score (nSPS) is 15.1. The summed E-state index contributed by atoms with van der Waals surface area (Å²) in [5.41, 5.74) is 5.75. The maximum atomic E-state index is 12.0. The number of benzene rings is 1. The molecule has 0 fully saturated rings. The predicted octanol–water partition coefficient (Wildman–Crippen LogP) is 1.67. The molecule has 2 atom stereocenters. The van der Waals surface area contributed by atoms with Gasteiger partial charge in [0.2, 0.25) is 0 Å². The largest absolute Gasteiger partial charge is 0.434 e. The third-order valence-electron chi connectivity index (χ3n) is 1.95. The molecule has 84 valence electrons. The number of hydrogen-bond donors (Lipinski definition) is 2. The molecule has 0 aliphatic rings. The van der Waals surface area contributed by atoms with E-state index in [9.17, 15) is 13.9 Å². The van der Waals surface area contributed by atoms with Gasteiger partial charge in [0.15, 0.2) is 0 Å². The van der Waals surface area contributed by atoms with Gasteiger partial charge in [-0.2, -0.15) is 8.78 Å². The summed E-state index contributed by atoms with van der Waals surface area (Å²) >= 11 is 0. The molecule has 0 amide bonds. The standard InChI is InChI=1S/C10H13F2NO2/c1-6(13)9(14)7-4-2-3-5-8(7)15-10(11)12/h2-6,9-10,14H,13H2,1H3/t6-,9-/m1/s1. The molecule has 1 rings (SSSR count). The van der Waals surface area contributed by atoms with Crippen LogP contribution in [0.3, 0.4) is 0 Å². The first-order valence-electron chi connectivity index (χ1n) is 4.49. The van der Waals surface area contributed by atoms with Crippen LogP contribution in [0.5, 0.6) is 5.75 Å². The SMILES string of the molecule is C[C@@H](N)[C@@H](O)c1ccccc1OC(F)F. The second kappa shape index (κ2) is 5.04. The lowest BCUT2D eigenvalue weighted by Gasteiger charge is -2.18. The zero-order valence-corrected chi connectivity index (χ0v) is 8.23. The first-order valence-corrected chi connectivity index (χ1v) is 4.49. The van der Waals surface area contributed by atoms with Crippen LogP contribution in [0.4, 0.5) is 8.78 Å². The minimum atomic E-state index is -2.91. The van der Waals surface area contributed by atoms with Crippen molar-refractivity contribution in [2.24, 2.45) is 5.73 Å². The smallest absolute Gasteiger partial charge is 0.387 e. The number of aliphatic hydroxyl groups excluding tert-OH is 1. The molecule has 0 saturated carbocycles. The Morgan fingerprint density at radius 2 is 1.93 bits per heavy atom. The van der Waals surface area contributed by atoms with Gasteiger partial charge in [-0.05, 0) is 13.0 Å². The molecule has 3 nitrogen and oxygen atoms in total. The van der Waals surface area contributed by atoms with Gasteiger partial charge in [-0.25, -0.2) is 0 Å². The number of hydrogen-bond acceptors (Lipinski definition) is 3. The number of halogens is 2. The molecule has 1 aromatic rings. The van der Waals surface area contributed by atoms with E-state index in [0.29, 0.717) is 0 Å². The highest BCUT2D eigenvalue weighted by Gasteiger charge is 2.18. The van der Waals surface area contributed by atoms with Crippen molar-refractivity contribution in [2.75, 3.05) is 0 Å². The molecule has 0 aliphatic carbocycles. The molecule has 0 heterocycles. The Bertz CT molecular complexity index is 318. The van der Waals surface area contributed by atoms with Gasteiger partial charge in [-0.3, -0.25) is 0 Å². The van der Waals surface area contributed by atoms with Crippen molar-refractivity contribution in [3.63, 3.8) is 0 Å². The van der Waals surface area contributed by atoms with E-state index in [1.807, 2.05) is 0 Å². The summed E-state index contributed by atoms with van der Waals surface area (Å²) in [5, 5.41) is 9.64. The molecule has 0 saturated heterocycles. The van der Waals surface area contributed by atoms with Crippen LogP contribution in [0.25, 0.3) is 0 Å². The number of aliphatic hydroxyl groups is 1. The van der Waals surface area contributed by atoms with Gasteiger partial charge in [0.25, 0.3) is 0 Å². The Kier molecular flexibility index (Phi) is 3.99. The van der Waals surface area contributed by atoms with Crippen LogP contribution in [-0.2, 0) is 0 Å². The second-order valence-electron chi connectivity index (χ2n) is 3.22. The zero-order chi connectivity index (χ0) is 11.4.